The van der Waals surface area contributed by atoms with Crippen LogP contribution in [0.4, 0.5) is 0 Å². The van der Waals surface area contributed by atoms with E-state index in [0.29, 0.717) is 0 Å². The summed E-state index contributed by atoms with van der Waals surface area (Å²) >= 11 is 0. The Morgan fingerprint density at radius 1 is 1.12 bits per heavy atom. The lowest BCUT2D eigenvalue weighted by atomic mass is 9.86. The number of nitrogens with zero attached hydrogens (tertiary/aromatic N) is 2. The van der Waals surface area contributed by atoms with Gasteiger partial charge in [-0.3, -0.25) is 4.79 Å². The van der Waals surface area contributed by atoms with Gasteiger partial charge in [-0.2, -0.15) is 5.10 Å². The molecule has 25 heavy (non-hydrogen) atoms. The average molecular weight is 343 g/mol. The van der Waals surface area contributed by atoms with Crippen molar-refractivity contribution in [2.24, 2.45) is 0 Å². The lowest BCUT2D eigenvalue weighted by Gasteiger charge is -2.22. The number of benzene rings is 1. The summed E-state index contributed by atoms with van der Waals surface area (Å²) in [6.07, 6.45) is 1.38. The molecule has 1 heterocycles. The third kappa shape index (κ3) is 4.26. The van der Waals surface area contributed by atoms with Crippen molar-refractivity contribution in [1.82, 2.24) is 15.1 Å². The van der Waals surface area contributed by atoms with E-state index in [1.807, 2.05) is 19.1 Å². The number of hydrogen-bond acceptors (Lipinski definition) is 3. The quantitative estimate of drug-likeness (QED) is 0.872. The Bertz CT molecular complexity index is 757. The molecule has 0 fully saturated rings. The van der Waals surface area contributed by atoms with E-state index in [9.17, 15) is 9.59 Å². The number of amides is 1. The molecule has 0 saturated carbocycles. The van der Waals surface area contributed by atoms with Crippen LogP contribution in [0.5, 0.6) is 0 Å². The molecule has 1 amide bonds. The maximum atomic E-state index is 12.5. The van der Waals surface area contributed by atoms with Crippen molar-refractivity contribution in [1.29, 1.82) is 0 Å². The van der Waals surface area contributed by atoms with Crippen molar-refractivity contribution in [3.8, 4) is 0 Å². The Kier molecular flexibility index (Phi) is 5.30. The first-order valence-corrected chi connectivity index (χ1v) is 8.29. The maximum absolute atomic E-state index is 12.5. The third-order valence-electron chi connectivity index (χ3n) is 4.27. The predicted molar refractivity (Wildman–Crippen MR) is 95.6 cm³/mol. The highest BCUT2D eigenvalue weighted by Gasteiger charge is 2.23. The van der Waals surface area contributed by atoms with E-state index < -0.39 is 12.0 Å². The van der Waals surface area contributed by atoms with Gasteiger partial charge in [0.05, 0.1) is 6.04 Å². The first kappa shape index (κ1) is 18.7. The van der Waals surface area contributed by atoms with Gasteiger partial charge in [-0.05, 0) is 36.5 Å². The summed E-state index contributed by atoms with van der Waals surface area (Å²) in [4.78, 5) is 23.6. The average Bonchev–Trinajstić information content (AvgIpc) is 3.03. The Labute approximate surface area is 147 Å². The minimum absolute atomic E-state index is 0.00941. The molecule has 6 heteroatoms. The lowest BCUT2D eigenvalue weighted by Crippen LogP contribution is -2.34. The standard InChI is InChI=1S/C19H25N3O3/c1-12(14-6-8-15(9-7-14)19(3,4)5)21-17(23)13(2)22-16(18(24)25)10-11-20-22/h6-13H,1-5H3,(H,21,23)(H,24,25). The van der Waals surface area contributed by atoms with Gasteiger partial charge in [0.25, 0.3) is 0 Å². The second-order valence-electron chi connectivity index (χ2n) is 7.24. The van der Waals surface area contributed by atoms with Crippen molar-refractivity contribution in [3.05, 3.63) is 53.3 Å². The summed E-state index contributed by atoms with van der Waals surface area (Å²) in [6.45, 7) is 9.99. The highest BCUT2D eigenvalue weighted by Crippen LogP contribution is 2.24. The van der Waals surface area contributed by atoms with Crippen LogP contribution in [-0.2, 0) is 10.2 Å². The van der Waals surface area contributed by atoms with Gasteiger partial charge < -0.3 is 10.4 Å². The number of aromatic carboxylic acids is 1. The van der Waals surface area contributed by atoms with E-state index in [-0.39, 0.29) is 23.1 Å². The van der Waals surface area contributed by atoms with Crippen LogP contribution in [0.15, 0.2) is 36.5 Å². The Morgan fingerprint density at radius 2 is 1.72 bits per heavy atom. The smallest absolute Gasteiger partial charge is 0.354 e. The highest BCUT2D eigenvalue weighted by atomic mass is 16.4. The highest BCUT2D eigenvalue weighted by molar-refractivity contribution is 5.87. The summed E-state index contributed by atoms with van der Waals surface area (Å²) in [5.41, 5.74) is 2.29. The van der Waals surface area contributed by atoms with E-state index in [0.717, 1.165) is 5.56 Å². The molecule has 2 N–H and O–H groups in total. The molecule has 1 aromatic carbocycles. The SMILES string of the molecule is CC(NC(=O)C(C)n1nccc1C(=O)O)c1ccc(C(C)(C)C)cc1. The van der Waals surface area contributed by atoms with Crippen LogP contribution in [0.2, 0.25) is 0 Å². The second-order valence-corrected chi connectivity index (χ2v) is 7.24. The van der Waals surface area contributed by atoms with Crippen LogP contribution in [-0.4, -0.2) is 26.8 Å². The van der Waals surface area contributed by atoms with Crippen LogP contribution in [0.25, 0.3) is 0 Å². The first-order chi connectivity index (χ1) is 11.6. The predicted octanol–water partition coefficient (Wildman–Crippen LogP) is 3.32. The molecule has 1 aromatic heterocycles. The Balaban J connectivity index is 2.09. The van der Waals surface area contributed by atoms with Crippen LogP contribution in [0.1, 0.15) is 68.3 Å². The minimum atomic E-state index is -1.11. The maximum Gasteiger partial charge on any atom is 0.354 e. The molecule has 0 radical (unpaired) electrons. The number of carbonyl (C=O) groups is 2. The van der Waals surface area contributed by atoms with Gasteiger partial charge in [-0.15, -0.1) is 0 Å². The van der Waals surface area contributed by atoms with Gasteiger partial charge in [0, 0.05) is 6.20 Å². The summed E-state index contributed by atoms with van der Waals surface area (Å²) < 4.78 is 1.22. The van der Waals surface area contributed by atoms with Crippen LogP contribution in [0.3, 0.4) is 0 Å². The van der Waals surface area contributed by atoms with Crippen molar-refractivity contribution >= 4 is 11.9 Å². The number of hydrogen-bond donors (Lipinski definition) is 2. The Morgan fingerprint density at radius 3 is 2.24 bits per heavy atom. The number of carboxylic acid groups (broad SMARTS) is 1. The second kappa shape index (κ2) is 7.09. The summed E-state index contributed by atoms with van der Waals surface area (Å²) in [5.74, 6) is -1.39. The van der Waals surface area contributed by atoms with Crippen LogP contribution < -0.4 is 5.32 Å². The molecule has 2 atom stereocenters. The van der Waals surface area contributed by atoms with Crippen molar-refractivity contribution in [3.63, 3.8) is 0 Å². The fourth-order valence-corrected chi connectivity index (χ4v) is 2.59. The van der Waals surface area contributed by atoms with Gasteiger partial charge >= 0.3 is 5.97 Å². The molecule has 6 nitrogen and oxygen atoms in total. The molecular formula is C19H25N3O3. The van der Waals surface area contributed by atoms with Crippen LogP contribution >= 0.6 is 0 Å². The number of carbonyl (C=O) groups excluding carboxylic acids is 1. The Hall–Kier alpha value is -2.63. The number of nitrogens with one attached hydrogen (secondary N) is 1. The zero-order valence-electron chi connectivity index (χ0n) is 15.3. The molecule has 0 saturated heterocycles. The number of carboxylic acids is 1. The summed E-state index contributed by atoms with van der Waals surface area (Å²) in [5, 5.41) is 16.0. The van der Waals surface area contributed by atoms with Gasteiger partial charge in [0.1, 0.15) is 11.7 Å². The first-order valence-electron chi connectivity index (χ1n) is 8.29. The van der Waals surface area contributed by atoms with E-state index >= 15 is 0 Å². The third-order valence-corrected chi connectivity index (χ3v) is 4.27. The number of aromatic nitrogens is 2. The fraction of sp³-hybridized carbons (Fsp3) is 0.421. The van der Waals surface area contributed by atoms with E-state index in [1.165, 1.54) is 22.5 Å². The molecule has 0 bridgehead atoms. The molecule has 2 aromatic rings. The molecule has 0 spiro atoms. The van der Waals surface area contributed by atoms with Gasteiger partial charge in [0.15, 0.2) is 0 Å². The number of rotatable bonds is 5. The molecule has 134 valence electrons. The van der Waals surface area contributed by atoms with E-state index in [2.05, 4.69) is 43.3 Å². The van der Waals surface area contributed by atoms with Crippen molar-refractivity contribution in [2.75, 3.05) is 0 Å². The van der Waals surface area contributed by atoms with Crippen LogP contribution in [0, 0.1) is 0 Å². The zero-order valence-corrected chi connectivity index (χ0v) is 15.3. The van der Waals surface area contributed by atoms with Gasteiger partial charge in [-0.1, -0.05) is 45.0 Å². The van der Waals surface area contributed by atoms with E-state index in [4.69, 9.17) is 5.11 Å². The normalized spacial score (nSPS) is 14.0. The molecule has 0 aliphatic carbocycles. The van der Waals surface area contributed by atoms with Gasteiger partial charge in [0.2, 0.25) is 5.91 Å². The fourth-order valence-electron chi connectivity index (χ4n) is 2.59. The van der Waals surface area contributed by atoms with Crippen molar-refractivity contribution < 1.29 is 14.7 Å². The monoisotopic (exact) mass is 343 g/mol. The van der Waals surface area contributed by atoms with Gasteiger partial charge in [-0.25, -0.2) is 9.48 Å². The minimum Gasteiger partial charge on any atom is -0.477 e. The lowest BCUT2D eigenvalue weighted by molar-refractivity contribution is -0.124. The summed E-state index contributed by atoms with van der Waals surface area (Å²) in [6, 6.07) is 8.63. The molecule has 0 aliphatic heterocycles. The van der Waals surface area contributed by atoms with Crippen molar-refractivity contribution in [2.45, 2.75) is 52.1 Å². The molecular weight excluding hydrogens is 318 g/mol. The topological polar surface area (TPSA) is 84.2 Å². The zero-order chi connectivity index (χ0) is 18.8. The molecule has 0 aliphatic rings. The van der Waals surface area contributed by atoms with E-state index in [1.54, 1.807) is 6.92 Å². The largest absolute Gasteiger partial charge is 0.477 e. The molecule has 2 unspecified atom stereocenters. The summed E-state index contributed by atoms with van der Waals surface area (Å²) in [7, 11) is 0. The molecule has 2 rings (SSSR count).